The molecular formula is C18H31NS. The van der Waals surface area contributed by atoms with Crippen molar-refractivity contribution < 1.29 is 0 Å². The third-order valence-electron chi connectivity index (χ3n) is 3.70. The molecule has 0 fully saturated rings. The molecule has 0 aromatic heterocycles. The van der Waals surface area contributed by atoms with Crippen LogP contribution < -0.4 is 5.32 Å². The van der Waals surface area contributed by atoms with Gasteiger partial charge in [0.25, 0.3) is 0 Å². The van der Waals surface area contributed by atoms with Crippen molar-refractivity contribution in [3.63, 3.8) is 0 Å². The van der Waals surface area contributed by atoms with E-state index in [0.29, 0.717) is 6.04 Å². The quantitative estimate of drug-likeness (QED) is 0.664. The van der Waals surface area contributed by atoms with Crippen LogP contribution in [0.15, 0.2) is 24.3 Å². The summed E-state index contributed by atoms with van der Waals surface area (Å²) in [7, 11) is 2.06. The van der Waals surface area contributed by atoms with Gasteiger partial charge in [0.1, 0.15) is 0 Å². The fourth-order valence-electron chi connectivity index (χ4n) is 2.22. The minimum absolute atomic E-state index is 0.239. The van der Waals surface area contributed by atoms with Gasteiger partial charge in [0.05, 0.1) is 0 Å². The van der Waals surface area contributed by atoms with Gasteiger partial charge >= 0.3 is 0 Å². The van der Waals surface area contributed by atoms with Crippen LogP contribution in [0.5, 0.6) is 0 Å². The molecule has 0 heterocycles. The first-order valence-electron chi connectivity index (χ1n) is 7.84. The lowest BCUT2D eigenvalue weighted by molar-refractivity contribution is 0.588. The average molecular weight is 294 g/mol. The maximum Gasteiger partial charge on any atom is 0.0409 e. The van der Waals surface area contributed by atoms with E-state index in [9.17, 15) is 0 Å². The summed E-state index contributed by atoms with van der Waals surface area (Å²) in [5.41, 5.74) is 3.05. The highest BCUT2D eigenvalue weighted by Gasteiger charge is 2.14. The number of thioether (sulfide) groups is 1. The molecule has 0 saturated heterocycles. The van der Waals surface area contributed by atoms with E-state index in [2.05, 4.69) is 76.1 Å². The van der Waals surface area contributed by atoms with Crippen molar-refractivity contribution in [3.05, 3.63) is 35.4 Å². The molecule has 0 radical (unpaired) electrons. The van der Waals surface area contributed by atoms with E-state index in [-0.39, 0.29) is 5.41 Å². The number of rotatable bonds is 8. The van der Waals surface area contributed by atoms with Crippen molar-refractivity contribution in [1.29, 1.82) is 0 Å². The molecule has 1 atom stereocenters. The molecule has 0 saturated carbocycles. The lowest BCUT2D eigenvalue weighted by Crippen LogP contribution is -2.19. The molecule has 114 valence electrons. The maximum atomic E-state index is 3.45. The molecule has 0 aliphatic carbocycles. The van der Waals surface area contributed by atoms with E-state index in [4.69, 9.17) is 0 Å². The third kappa shape index (κ3) is 5.88. The molecular weight excluding hydrogens is 262 g/mol. The minimum atomic E-state index is 0.239. The molecule has 1 nitrogen and oxygen atoms in total. The molecule has 1 unspecified atom stereocenters. The predicted molar refractivity (Wildman–Crippen MR) is 93.8 cm³/mol. The summed E-state index contributed by atoms with van der Waals surface area (Å²) >= 11 is 2.07. The Kier molecular flexibility index (Phi) is 7.68. The molecule has 0 aliphatic rings. The zero-order chi connectivity index (χ0) is 15.0. The minimum Gasteiger partial charge on any atom is -0.312 e. The van der Waals surface area contributed by atoms with E-state index in [1.54, 1.807) is 0 Å². The SMILES string of the molecule is CCCCCSCC(NC)c1ccc(C(C)(C)C)cc1. The molecule has 1 aromatic rings. The molecule has 0 amide bonds. The van der Waals surface area contributed by atoms with Gasteiger partial charge < -0.3 is 5.32 Å². The molecule has 20 heavy (non-hydrogen) atoms. The number of hydrogen-bond donors (Lipinski definition) is 1. The molecule has 1 N–H and O–H groups in total. The first-order valence-corrected chi connectivity index (χ1v) is 9.00. The summed E-state index contributed by atoms with van der Waals surface area (Å²) in [4.78, 5) is 0. The van der Waals surface area contributed by atoms with Gasteiger partial charge in [0.15, 0.2) is 0 Å². The molecule has 0 aliphatic heterocycles. The molecule has 2 heteroatoms. The van der Waals surface area contributed by atoms with Crippen molar-refractivity contribution in [2.45, 2.75) is 58.4 Å². The maximum absolute atomic E-state index is 3.45. The second-order valence-electron chi connectivity index (χ2n) is 6.50. The van der Waals surface area contributed by atoms with E-state index >= 15 is 0 Å². The Morgan fingerprint density at radius 2 is 1.75 bits per heavy atom. The Hall–Kier alpha value is -0.470. The monoisotopic (exact) mass is 293 g/mol. The second kappa shape index (κ2) is 8.74. The van der Waals surface area contributed by atoms with Gasteiger partial charge in [-0.2, -0.15) is 11.8 Å². The normalized spacial score (nSPS) is 13.4. The number of nitrogens with one attached hydrogen (secondary N) is 1. The Morgan fingerprint density at radius 3 is 2.25 bits per heavy atom. The van der Waals surface area contributed by atoms with Gasteiger partial charge in [0.2, 0.25) is 0 Å². The van der Waals surface area contributed by atoms with Gasteiger partial charge in [-0.05, 0) is 35.8 Å². The Morgan fingerprint density at radius 1 is 1.10 bits per heavy atom. The van der Waals surface area contributed by atoms with Crippen molar-refractivity contribution >= 4 is 11.8 Å². The number of hydrogen-bond acceptors (Lipinski definition) is 2. The Labute approximate surface area is 129 Å². The summed E-state index contributed by atoms with van der Waals surface area (Å²) in [6.45, 7) is 9.06. The molecule has 0 bridgehead atoms. The highest BCUT2D eigenvalue weighted by Crippen LogP contribution is 2.25. The van der Waals surface area contributed by atoms with E-state index in [1.165, 1.54) is 36.1 Å². The van der Waals surface area contributed by atoms with E-state index in [0.717, 1.165) is 5.75 Å². The topological polar surface area (TPSA) is 12.0 Å². The van der Waals surface area contributed by atoms with Gasteiger partial charge in [-0.1, -0.05) is 64.8 Å². The number of benzene rings is 1. The van der Waals surface area contributed by atoms with Crippen LogP contribution >= 0.6 is 11.8 Å². The average Bonchev–Trinajstić information content (AvgIpc) is 2.42. The standard InChI is InChI=1S/C18H31NS/c1-6-7-8-13-20-14-17(19-5)15-9-11-16(12-10-15)18(2,3)4/h9-12,17,19H,6-8,13-14H2,1-5H3. The van der Waals surface area contributed by atoms with Crippen LogP contribution in [0.3, 0.4) is 0 Å². The zero-order valence-electron chi connectivity index (χ0n) is 13.8. The molecule has 0 spiro atoms. The van der Waals surface area contributed by atoms with Gasteiger partial charge in [0, 0.05) is 11.8 Å². The van der Waals surface area contributed by atoms with Gasteiger partial charge in [-0.3, -0.25) is 0 Å². The molecule has 1 aromatic carbocycles. The lowest BCUT2D eigenvalue weighted by Gasteiger charge is -2.21. The first-order chi connectivity index (χ1) is 9.49. The smallest absolute Gasteiger partial charge is 0.0409 e. The van der Waals surface area contributed by atoms with Crippen molar-refractivity contribution in [2.75, 3.05) is 18.6 Å². The van der Waals surface area contributed by atoms with Gasteiger partial charge in [-0.15, -0.1) is 0 Å². The number of unbranched alkanes of at least 4 members (excludes halogenated alkanes) is 2. The van der Waals surface area contributed by atoms with Crippen molar-refractivity contribution in [1.82, 2.24) is 5.32 Å². The van der Waals surface area contributed by atoms with Crippen LogP contribution in [0.2, 0.25) is 0 Å². The Balaban J connectivity index is 2.53. The van der Waals surface area contributed by atoms with E-state index in [1.807, 2.05) is 0 Å². The lowest BCUT2D eigenvalue weighted by atomic mass is 9.86. The van der Waals surface area contributed by atoms with Crippen LogP contribution in [0.1, 0.15) is 64.1 Å². The first kappa shape index (κ1) is 17.6. The molecule has 1 rings (SSSR count). The van der Waals surface area contributed by atoms with Crippen LogP contribution in [0, 0.1) is 0 Å². The van der Waals surface area contributed by atoms with Crippen molar-refractivity contribution in [2.24, 2.45) is 0 Å². The Bertz CT molecular complexity index is 364. The van der Waals surface area contributed by atoms with Crippen LogP contribution in [-0.2, 0) is 5.41 Å². The third-order valence-corrected chi connectivity index (χ3v) is 4.85. The van der Waals surface area contributed by atoms with E-state index < -0.39 is 0 Å². The highest BCUT2D eigenvalue weighted by atomic mass is 32.2. The van der Waals surface area contributed by atoms with Crippen molar-refractivity contribution in [3.8, 4) is 0 Å². The summed E-state index contributed by atoms with van der Waals surface area (Å²) in [5.74, 6) is 2.45. The highest BCUT2D eigenvalue weighted by molar-refractivity contribution is 7.99. The zero-order valence-corrected chi connectivity index (χ0v) is 14.6. The predicted octanol–water partition coefficient (Wildman–Crippen LogP) is 5.17. The second-order valence-corrected chi connectivity index (χ2v) is 7.65. The fraction of sp³-hybridized carbons (Fsp3) is 0.667. The van der Waals surface area contributed by atoms with Crippen LogP contribution in [0.25, 0.3) is 0 Å². The summed E-state index contributed by atoms with van der Waals surface area (Å²) in [5, 5.41) is 3.45. The van der Waals surface area contributed by atoms with Gasteiger partial charge in [-0.25, -0.2) is 0 Å². The van der Waals surface area contributed by atoms with Crippen LogP contribution in [-0.4, -0.2) is 18.6 Å². The summed E-state index contributed by atoms with van der Waals surface area (Å²) in [6, 6.07) is 9.60. The fourth-order valence-corrected chi connectivity index (χ4v) is 3.39. The van der Waals surface area contributed by atoms with Crippen LogP contribution in [0.4, 0.5) is 0 Å². The summed E-state index contributed by atoms with van der Waals surface area (Å²) in [6.07, 6.45) is 4.02. The largest absolute Gasteiger partial charge is 0.312 e. The summed E-state index contributed by atoms with van der Waals surface area (Å²) < 4.78 is 0.